The molecule has 0 spiro atoms. The van der Waals surface area contributed by atoms with Gasteiger partial charge in [-0.05, 0) is 51.6 Å². The summed E-state index contributed by atoms with van der Waals surface area (Å²) in [4.78, 5) is 85.3. The molecule has 17 heteroatoms. The fourth-order valence-corrected chi connectivity index (χ4v) is 6.49. The Labute approximate surface area is 235 Å². The Hall–Kier alpha value is -3.70. The number of carbonyl (C=O) groups is 6. The van der Waals surface area contributed by atoms with Crippen LogP contribution in [0, 0.1) is 11.8 Å². The highest BCUT2D eigenvalue weighted by atomic mass is 16.9. The number of hydrazine groups is 2. The average molecular weight is 577 g/mol. The van der Waals surface area contributed by atoms with Crippen LogP contribution < -0.4 is 32.3 Å². The molecule has 17 nitrogen and oxygen atoms in total. The second-order valence-electron chi connectivity index (χ2n) is 11.4. The number of hydrogen-bond acceptors (Lipinski definition) is 9. The van der Waals surface area contributed by atoms with Gasteiger partial charge in [0.25, 0.3) is 11.8 Å². The first kappa shape index (κ1) is 27.5. The normalized spacial score (nSPS) is 32.4. The van der Waals surface area contributed by atoms with Crippen LogP contribution in [-0.4, -0.2) is 119 Å². The van der Waals surface area contributed by atoms with Crippen LogP contribution in [0.3, 0.4) is 0 Å². The fourth-order valence-electron chi connectivity index (χ4n) is 6.49. The monoisotopic (exact) mass is 576 g/mol. The Morgan fingerprint density at radius 2 is 1.02 bits per heavy atom. The van der Waals surface area contributed by atoms with Crippen molar-refractivity contribution >= 4 is 35.7 Å². The van der Waals surface area contributed by atoms with Gasteiger partial charge in [0.1, 0.15) is 12.1 Å². The zero-order chi connectivity index (χ0) is 28.7. The number of hydrogen-bond donors (Lipinski definition) is 6. The van der Waals surface area contributed by atoms with E-state index in [-0.39, 0.29) is 48.8 Å². The molecule has 0 saturated carbocycles. The lowest BCUT2D eigenvalue weighted by Crippen LogP contribution is -2.55. The molecule has 6 saturated heterocycles. The van der Waals surface area contributed by atoms with Gasteiger partial charge in [-0.1, -0.05) is 0 Å². The van der Waals surface area contributed by atoms with Gasteiger partial charge in [0.2, 0.25) is 11.8 Å². The first-order valence-electron chi connectivity index (χ1n) is 14.3. The Kier molecular flexibility index (Phi) is 7.56. The van der Waals surface area contributed by atoms with Gasteiger partial charge in [-0.3, -0.25) is 40.9 Å². The highest BCUT2D eigenvalue weighted by molar-refractivity contribution is 5.91. The van der Waals surface area contributed by atoms with Gasteiger partial charge in [-0.2, -0.15) is 10.1 Å². The fraction of sp³-hybridized carbons (Fsp3) is 0.750. The number of nitrogens with zero attached hydrogens (tertiary/aromatic N) is 4. The van der Waals surface area contributed by atoms with E-state index in [0.717, 1.165) is 23.2 Å². The molecule has 0 aromatic carbocycles. The van der Waals surface area contributed by atoms with E-state index in [1.54, 1.807) is 0 Å². The largest absolute Gasteiger partial charge is 0.347 e. The SMILES string of the molecule is O=C(NNC(=O)[C@H]1CC[C@@H]2CN1C(=O)N2ON1C(=O)N2C[C@H]1CC[C@@H]2C(=O)NNC(=O)C1CCNC1)C1CCNC1. The molecule has 0 radical (unpaired) electrons. The van der Waals surface area contributed by atoms with Gasteiger partial charge in [0.15, 0.2) is 0 Å². The standard InChI is InChI=1S/C24H36N10O7/c35-19(13-5-7-25-9-13)27-29-21(37)17-3-1-15-11-31(17)23(39)33(15)41-34-16-2-4-18(32(12-16)24(34)40)22(38)30-28-20(36)14-6-8-26-10-14/h13-18,25-26H,1-12H2,(H,27,35)(H,28,36)(H,29,37)(H,30,38)/t13?,14?,15-,16-,17-,18-/m1/s1. The Balaban J connectivity index is 1.02. The maximum absolute atomic E-state index is 13.3. The summed E-state index contributed by atoms with van der Waals surface area (Å²) in [6.45, 7) is 3.09. The number of hydroxylamine groups is 4. The molecule has 6 aliphatic rings. The summed E-state index contributed by atoms with van der Waals surface area (Å²) in [6, 6.07) is -3.35. The van der Waals surface area contributed by atoms with Crippen molar-refractivity contribution < 1.29 is 33.7 Å². The number of rotatable bonds is 6. The molecule has 8 amide bonds. The summed E-state index contributed by atoms with van der Waals surface area (Å²) in [5.41, 5.74) is 9.82. The van der Waals surface area contributed by atoms with Crippen LogP contribution in [0.5, 0.6) is 0 Å². The lowest BCUT2D eigenvalue weighted by Gasteiger charge is -2.30. The lowest BCUT2D eigenvalue weighted by molar-refractivity contribution is -0.284. The summed E-state index contributed by atoms with van der Waals surface area (Å²) in [6.07, 6.45) is 3.07. The molecular weight excluding hydrogens is 540 g/mol. The molecule has 6 fully saturated rings. The van der Waals surface area contributed by atoms with Crippen LogP contribution in [0.25, 0.3) is 0 Å². The molecule has 41 heavy (non-hydrogen) atoms. The second-order valence-corrected chi connectivity index (χ2v) is 11.4. The number of amides is 8. The van der Waals surface area contributed by atoms with Gasteiger partial charge in [-0.25, -0.2) is 9.59 Å². The van der Waals surface area contributed by atoms with Crippen LogP contribution in [0.1, 0.15) is 38.5 Å². The van der Waals surface area contributed by atoms with Gasteiger partial charge >= 0.3 is 12.1 Å². The molecule has 6 heterocycles. The van der Waals surface area contributed by atoms with Gasteiger partial charge in [0.05, 0.1) is 23.9 Å². The number of urea groups is 2. The highest BCUT2D eigenvalue weighted by Crippen LogP contribution is 2.35. The van der Waals surface area contributed by atoms with Crippen LogP contribution in [0.2, 0.25) is 0 Å². The van der Waals surface area contributed by atoms with Crippen molar-refractivity contribution in [2.75, 3.05) is 39.3 Å². The predicted molar refractivity (Wildman–Crippen MR) is 137 cm³/mol. The van der Waals surface area contributed by atoms with Crippen molar-refractivity contribution in [2.45, 2.75) is 62.7 Å². The summed E-state index contributed by atoms with van der Waals surface area (Å²) in [7, 11) is 0. The number of carbonyl (C=O) groups excluding carboxylic acids is 6. The third-order valence-electron chi connectivity index (χ3n) is 8.91. The van der Waals surface area contributed by atoms with E-state index in [9.17, 15) is 28.8 Å². The van der Waals surface area contributed by atoms with Crippen molar-refractivity contribution in [3.05, 3.63) is 0 Å². The van der Waals surface area contributed by atoms with E-state index >= 15 is 0 Å². The summed E-state index contributed by atoms with van der Waals surface area (Å²) in [5.74, 6) is -1.94. The minimum Gasteiger partial charge on any atom is -0.316 e. The third kappa shape index (κ3) is 5.24. The predicted octanol–water partition coefficient (Wildman–Crippen LogP) is -3.12. The van der Waals surface area contributed by atoms with E-state index in [0.29, 0.717) is 51.6 Å². The molecule has 0 aromatic rings. The Morgan fingerprint density at radius 3 is 1.41 bits per heavy atom. The molecule has 6 rings (SSSR count). The van der Waals surface area contributed by atoms with E-state index in [4.69, 9.17) is 4.94 Å². The van der Waals surface area contributed by atoms with Crippen molar-refractivity contribution in [1.82, 2.24) is 52.3 Å². The second kappa shape index (κ2) is 11.3. The number of piperidine rings is 2. The van der Waals surface area contributed by atoms with Gasteiger partial charge in [0, 0.05) is 26.2 Å². The maximum Gasteiger partial charge on any atom is 0.347 e. The summed E-state index contributed by atoms with van der Waals surface area (Å²) >= 11 is 0. The molecule has 224 valence electrons. The van der Waals surface area contributed by atoms with Crippen LogP contribution in [0.15, 0.2) is 0 Å². The topological polar surface area (TPSA) is 197 Å². The quantitative estimate of drug-likeness (QED) is 0.177. The molecule has 6 aliphatic heterocycles. The van der Waals surface area contributed by atoms with E-state index < -0.39 is 36.0 Å². The van der Waals surface area contributed by atoms with Gasteiger partial charge < -0.3 is 20.4 Å². The smallest absolute Gasteiger partial charge is 0.316 e. The third-order valence-corrected chi connectivity index (χ3v) is 8.91. The van der Waals surface area contributed by atoms with Crippen molar-refractivity contribution in [2.24, 2.45) is 11.8 Å². The van der Waals surface area contributed by atoms with E-state index in [1.807, 2.05) is 0 Å². The Morgan fingerprint density at radius 1 is 0.610 bits per heavy atom. The van der Waals surface area contributed by atoms with Crippen LogP contribution in [0.4, 0.5) is 9.59 Å². The maximum atomic E-state index is 13.3. The molecule has 0 aliphatic carbocycles. The van der Waals surface area contributed by atoms with E-state index in [2.05, 4.69) is 32.3 Å². The zero-order valence-electron chi connectivity index (χ0n) is 22.6. The highest BCUT2D eigenvalue weighted by Gasteiger charge is 2.53. The van der Waals surface area contributed by atoms with Crippen molar-refractivity contribution in [3.63, 3.8) is 0 Å². The Bertz CT molecular complexity index is 1030. The minimum atomic E-state index is -0.782. The first-order chi connectivity index (χ1) is 19.8. The van der Waals surface area contributed by atoms with Crippen molar-refractivity contribution in [3.8, 4) is 0 Å². The van der Waals surface area contributed by atoms with Crippen LogP contribution in [-0.2, 0) is 24.1 Å². The lowest BCUT2D eigenvalue weighted by atomic mass is 10.0. The zero-order valence-corrected chi connectivity index (χ0v) is 22.6. The summed E-state index contributed by atoms with van der Waals surface area (Å²) < 4.78 is 0. The average Bonchev–Trinajstić information content (AvgIpc) is 3.79. The molecule has 0 aromatic heterocycles. The molecule has 2 unspecified atom stereocenters. The molecule has 6 atom stereocenters. The van der Waals surface area contributed by atoms with E-state index in [1.165, 1.54) is 9.80 Å². The molecule has 6 N–H and O–H groups in total. The van der Waals surface area contributed by atoms with Gasteiger partial charge in [-0.15, -0.1) is 4.94 Å². The molecular formula is C24H36N10O7. The van der Waals surface area contributed by atoms with Crippen molar-refractivity contribution in [1.29, 1.82) is 0 Å². The summed E-state index contributed by atoms with van der Waals surface area (Å²) in [5, 5.41) is 8.47. The van der Waals surface area contributed by atoms with Crippen LogP contribution >= 0.6 is 0 Å². The molecule has 4 bridgehead atoms. The number of fused-ring (bicyclic) bond motifs is 4. The minimum absolute atomic E-state index is 0.213. The first-order valence-corrected chi connectivity index (χ1v) is 14.3. The number of nitrogens with one attached hydrogen (secondary N) is 6.